The van der Waals surface area contributed by atoms with E-state index in [0.29, 0.717) is 13.1 Å². The number of carbonyl (C=O) groups is 1. The van der Waals surface area contributed by atoms with Gasteiger partial charge < -0.3 is 15.0 Å². The molecule has 0 unspecified atom stereocenters. The molecule has 110 valence electrons. The molecule has 0 bridgehead atoms. The summed E-state index contributed by atoms with van der Waals surface area (Å²) in [6.45, 7) is 7.60. The van der Waals surface area contributed by atoms with Crippen LogP contribution >= 0.6 is 15.9 Å². The Morgan fingerprint density at radius 3 is 2.95 bits per heavy atom. The van der Waals surface area contributed by atoms with Gasteiger partial charge in [0.05, 0.1) is 6.54 Å². The Morgan fingerprint density at radius 1 is 1.50 bits per heavy atom. The lowest BCUT2D eigenvalue weighted by atomic mass is 10.2. The molecule has 0 aliphatic carbocycles. The highest BCUT2D eigenvalue weighted by Crippen LogP contribution is 2.22. The van der Waals surface area contributed by atoms with Crippen molar-refractivity contribution in [2.75, 3.05) is 18.4 Å². The fraction of sp³-hybridized carbons (Fsp3) is 0.571. The number of ether oxygens (including phenoxy) is 1. The van der Waals surface area contributed by atoms with E-state index >= 15 is 0 Å². The summed E-state index contributed by atoms with van der Waals surface area (Å²) in [5, 5.41) is 3.29. The number of fused-ring (bicyclic) bond motifs is 1. The summed E-state index contributed by atoms with van der Waals surface area (Å²) >= 11 is 3.42. The quantitative estimate of drug-likeness (QED) is 0.785. The van der Waals surface area contributed by atoms with Gasteiger partial charge in [0.25, 0.3) is 0 Å². The molecule has 0 saturated heterocycles. The lowest BCUT2D eigenvalue weighted by Gasteiger charge is -2.29. The summed E-state index contributed by atoms with van der Waals surface area (Å²) in [7, 11) is 0. The van der Waals surface area contributed by atoms with E-state index < -0.39 is 5.60 Å². The molecule has 5 nitrogen and oxygen atoms in total. The second kappa shape index (κ2) is 5.99. The van der Waals surface area contributed by atoms with Crippen LogP contribution in [0.5, 0.6) is 0 Å². The van der Waals surface area contributed by atoms with Crippen LogP contribution in [0.4, 0.5) is 10.6 Å². The van der Waals surface area contributed by atoms with E-state index in [1.165, 1.54) is 0 Å². The van der Waals surface area contributed by atoms with Gasteiger partial charge in [0, 0.05) is 29.3 Å². The molecule has 1 aromatic rings. The van der Waals surface area contributed by atoms with Gasteiger partial charge in [0.2, 0.25) is 0 Å². The van der Waals surface area contributed by atoms with Crippen LogP contribution in [0.15, 0.2) is 16.7 Å². The van der Waals surface area contributed by atoms with Gasteiger partial charge in [-0.25, -0.2) is 9.78 Å². The molecule has 0 aromatic carbocycles. The fourth-order valence-corrected chi connectivity index (χ4v) is 2.38. The third-order valence-electron chi connectivity index (χ3n) is 2.84. The smallest absolute Gasteiger partial charge is 0.410 e. The first-order valence-electron chi connectivity index (χ1n) is 6.71. The monoisotopic (exact) mass is 341 g/mol. The molecule has 0 atom stereocenters. The van der Waals surface area contributed by atoms with Crippen molar-refractivity contribution in [3.63, 3.8) is 0 Å². The maximum atomic E-state index is 12.2. The number of aromatic nitrogens is 1. The summed E-state index contributed by atoms with van der Waals surface area (Å²) in [4.78, 5) is 18.3. The molecule has 6 heteroatoms. The number of nitrogens with zero attached hydrogens (tertiary/aromatic N) is 2. The summed E-state index contributed by atoms with van der Waals surface area (Å²) in [6.07, 6.45) is 2.35. The summed E-state index contributed by atoms with van der Waals surface area (Å²) in [6, 6.07) is 1.98. The SMILES string of the molecule is CC(C)(C)OC(=O)N1CCCNc2ncc(Br)cc2C1. The van der Waals surface area contributed by atoms with Crippen LogP contribution in [0.3, 0.4) is 0 Å². The largest absolute Gasteiger partial charge is 0.444 e. The number of rotatable bonds is 0. The Bertz CT molecular complexity index is 500. The average Bonchev–Trinajstić information content (AvgIpc) is 2.28. The molecule has 0 fully saturated rings. The van der Waals surface area contributed by atoms with Gasteiger partial charge >= 0.3 is 6.09 Å². The fourth-order valence-electron chi connectivity index (χ4n) is 2.00. The van der Waals surface area contributed by atoms with Gasteiger partial charge in [-0.3, -0.25) is 0 Å². The Kier molecular flexibility index (Phi) is 4.52. The average molecular weight is 342 g/mol. The van der Waals surface area contributed by atoms with Crippen LogP contribution in [0.25, 0.3) is 0 Å². The first-order chi connectivity index (χ1) is 9.35. The Morgan fingerprint density at radius 2 is 2.25 bits per heavy atom. The van der Waals surface area contributed by atoms with E-state index in [2.05, 4.69) is 26.2 Å². The highest BCUT2D eigenvalue weighted by Gasteiger charge is 2.24. The maximum absolute atomic E-state index is 12.2. The molecule has 2 rings (SSSR count). The first-order valence-corrected chi connectivity index (χ1v) is 7.51. The number of anilines is 1. The molecule has 20 heavy (non-hydrogen) atoms. The number of amides is 1. The molecule has 0 radical (unpaired) electrons. The van der Waals surface area contributed by atoms with Crippen LogP contribution in [0, 0.1) is 0 Å². The standard InChI is InChI=1S/C14H20BrN3O2/c1-14(2,3)20-13(19)18-6-4-5-16-12-10(9-18)7-11(15)8-17-12/h7-8H,4-6,9H2,1-3H3,(H,16,17). The minimum absolute atomic E-state index is 0.273. The number of nitrogens with one attached hydrogen (secondary N) is 1. The van der Waals surface area contributed by atoms with E-state index in [0.717, 1.165) is 28.8 Å². The summed E-state index contributed by atoms with van der Waals surface area (Å²) in [5.74, 6) is 0.835. The minimum Gasteiger partial charge on any atom is -0.444 e. The number of carbonyl (C=O) groups excluding carboxylic acids is 1. The van der Waals surface area contributed by atoms with Crippen molar-refractivity contribution in [2.45, 2.75) is 39.3 Å². The van der Waals surface area contributed by atoms with Crippen molar-refractivity contribution < 1.29 is 9.53 Å². The number of hydrogen-bond acceptors (Lipinski definition) is 4. The van der Waals surface area contributed by atoms with Crippen LogP contribution < -0.4 is 5.32 Å². The summed E-state index contributed by atoms with van der Waals surface area (Å²) in [5.41, 5.74) is 0.515. The molecule has 1 N–H and O–H groups in total. The van der Waals surface area contributed by atoms with E-state index in [1.807, 2.05) is 26.8 Å². The van der Waals surface area contributed by atoms with Gasteiger partial charge in [-0.2, -0.15) is 0 Å². The Balaban J connectivity index is 2.18. The minimum atomic E-state index is -0.476. The molecule has 1 aliphatic heterocycles. The molecular weight excluding hydrogens is 322 g/mol. The van der Waals surface area contributed by atoms with Crippen LogP contribution in [0.1, 0.15) is 32.8 Å². The second-order valence-electron chi connectivity index (χ2n) is 5.84. The molecule has 1 aromatic heterocycles. The topological polar surface area (TPSA) is 54.5 Å². The highest BCUT2D eigenvalue weighted by molar-refractivity contribution is 9.10. The van der Waals surface area contributed by atoms with E-state index in [1.54, 1.807) is 11.1 Å². The Labute approximate surface area is 127 Å². The predicted octanol–water partition coefficient (Wildman–Crippen LogP) is 3.40. The zero-order chi connectivity index (χ0) is 14.8. The summed E-state index contributed by atoms with van der Waals surface area (Å²) < 4.78 is 6.36. The first kappa shape index (κ1) is 15.1. The number of hydrogen-bond donors (Lipinski definition) is 1. The molecule has 1 amide bonds. The van der Waals surface area contributed by atoms with Crippen molar-refractivity contribution in [1.82, 2.24) is 9.88 Å². The van der Waals surface area contributed by atoms with Crippen LogP contribution in [-0.2, 0) is 11.3 Å². The normalized spacial score (nSPS) is 15.7. The molecule has 2 heterocycles. The van der Waals surface area contributed by atoms with Gasteiger partial charge in [-0.15, -0.1) is 0 Å². The molecular formula is C14H20BrN3O2. The van der Waals surface area contributed by atoms with Crippen molar-refractivity contribution >= 4 is 27.8 Å². The maximum Gasteiger partial charge on any atom is 0.410 e. The van der Waals surface area contributed by atoms with E-state index in [9.17, 15) is 4.79 Å². The van der Waals surface area contributed by atoms with Crippen molar-refractivity contribution in [3.8, 4) is 0 Å². The van der Waals surface area contributed by atoms with Gasteiger partial charge in [0.1, 0.15) is 11.4 Å². The van der Waals surface area contributed by atoms with Gasteiger partial charge in [-0.1, -0.05) is 0 Å². The molecule has 1 aliphatic rings. The molecule has 0 spiro atoms. The second-order valence-corrected chi connectivity index (χ2v) is 6.76. The van der Waals surface area contributed by atoms with Crippen LogP contribution in [-0.4, -0.2) is 34.7 Å². The van der Waals surface area contributed by atoms with Gasteiger partial charge in [0.15, 0.2) is 0 Å². The third-order valence-corrected chi connectivity index (χ3v) is 3.28. The Hall–Kier alpha value is -1.30. The lowest BCUT2D eigenvalue weighted by molar-refractivity contribution is 0.0232. The predicted molar refractivity (Wildman–Crippen MR) is 81.7 cm³/mol. The van der Waals surface area contributed by atoms with E-state index in [4.69, 9.17) is 4.74 Å². The van der Waals surface area contributed by atoms with Crippen molar-refractivity contribution in [3.05, 3.63) is 22.3 Å². The van der Waals surface area contributed by atoms with Gasteiger partial charge in [-0.05, 0) is 49.2 Å². The van der Waals surface area contributed by atoms with E-state index in [-0.39, 0.29) is 6.09 Å². The zero-order valence-electron chi connectivity index (χ0n) is 12.1. The highest BCUT2D eigenvalue weighted by atomic mass is 79.9. The third kappa shape index (κ3) is 4.10. The number of halogens is 1. The molecule has 0 saturated carbocycles. The van der Waals surface area contributed by atoms with Crippen molar-refractivity contribution in [2.24, 2.45) is 0 Å². The van der Waals surface area contributed by atoms with Crippen molar-refractivity contribution in [1.29, 1.82) is 0 Å². The number of pyridine rings is 1. The zero-order valence-corrected chi connectivity index (χ0v) is 13.7. The van der Waals surface area contributed by atoms with Crippen LogP contribution in [0.2, 0.25) is 0 Å². The lowest BCUT2D eigenvalue weighted by Crippen LogP contribution is -2.38.